The van der Waals surface area contributed by atoms with E-state index >= 15 is 0 Å². The van der Waals surface area contributed by atoms with Crippen LogP contribution in [0.4, 0.5) is 0 Å². The highest BCUT2D eigenvalue weighted by Gasteiger charge is 2.11. The summed E-state index contributed by atoms with van der Waals surface area (Å²) in [5.74, 6) is 2.83. The van der Waals surface area contributed by atoms with E-state index < -0.39 is 0 Å². The average Bonchev–Trinajstić information content (AvgIpc) is 2.54. The predicted molar refractivity (Wildman–Crippen MR) is 94.4 cm³/mol. The Hall–Kier alpha value is 0.310. The van der Waals surface area contributed by atoms with E-state index in [-0.39, 0.29) is 0 Å². The minimum Gasteiger partial charge on any atom is -0.301 e. The van der Waals surface area contributed by atoms with Crippen LogP contribution in [-0.4, -0.2) is 35.5 Å². The first kappa shape index (κ1) is 21.6. The van der Waals surface area contributed by atoms with Gasteiger partial charge in [-0.1, -0.05) is 40.5 Å². The van der Waals surface area contributed by atoms with Crippen LogP contribution in [0, 0.1) is 0 Å². The van der Waals surface area contributed by atoms with E-state index in [0.29, 0.717) is 0 Å². The molecule has 1 nitrogen and oxygen atoms in total. The monoisotopic (exact) mass is 289 g/mol. The van der Waals surface area contributed by atoms with Gasteiger partial charge in [0.15, 0.2) is 0 Å². The van der Waals surface area contributed by atoms with Crippen molar-refractivity contribution in [1.29, 1.82) is 0 Å². The van der Waals surface area contributed by atoms with Gasteiger partial charge in [-0.05, 0) is 64.1 Å². The van der Waals surface area contributed by atoms with Crippen molar-refractivity contribution in [2.24, 2.45) is 0 Å². The SMILES string of the molecule is C1CCSCC1.CC.CC.CC(C)N1CCCCC1. The van der Waals surface area contributed by atoms with Crippen molar-refractivity contribution in [3.05, 3.63) is 0 Å². The average molecular weight is 290 g/mol. The first-order chi connectivity index (χ1) is 9.30. The maximum atomic E-state index is 2.56. The molecule has 0 aromatic rings. The van der Waals surface area contributed by atoms with Gasteiger partial charge in [-0.15, -0.1) is 0 Å². The number of likely N-dealkylation sites (tertiary alicyclic amines) is 1. The van der Waals surface area contributed by atoms with E-state index in [2.05, 4.69) is 30.5 Å². The lowest BCUT2D eigenvalue weighted by molar-refractivity contribution is 0.185. The van der Waals surface area contributed by atoms with Crippen LogP contribution >= 0.6 is 11.8 Å². The molecular weight excluding hydrogens is 250 g/mol. The molecule has 0 atom stereocenters. The minimum absolute atomic E-state index is 0.769. The summed E-state index contributed by atoms with van der Waals surface area (Å²) < 4.78 is 0. The summed E-state index contributed by atoms with van der Waals surface area (Å²) in [7, 11) is 0. The highest BCUT2D eigenvalue weighted by Crippen LogP contribution is 2.15. The standard InChI is InChI=1S/C8H17N.C5H10S.2C2H6/c1-8(2)9-6-4-3-5-7-9;1-2-4-6-5-3-1;2*1-2/h8H,3-7H2,1-2H3;1-5H2;2*1-2H3. The Morgan fingerprint density at radius 2 is 1.11 bits per heavy atom. The van der Waals surface area contributed by atoms with Gasteiger partial charge in [0.1, 0.15) is 0 Å². The van der Waals surface area contributed by atoms with E-state index in [4.69, 9.17) is 0 Å². The highest BCUT2D eigenvalue weighted by molar-refractivity contribution is 7.99. The van der Waals surface area contributed by atoms with E-state index in [0.717, 1.165) is 6.04 Å². The van der Waals surface area contributed by atoms with Gasteiger partial charge in [0.2, 0.25) is 0 Å². The zero-order chi connectivity index (χ0) is 14.9. The molecule has 19 heavy (non-hydrogen) atoms. The molecule has 0 aromatic carbocycles. The van der Waals surface area contributed by atoms with Gasteiger partial charge < -0.3 is 4.90 Å². The van der Waals surface area contributed by atoms with Crippen LogP contribution in [-0.2, 0) is 0 Å². The third-order valence-electron chi connectivity index (χ3n) is 3.20. The second-order valence-corrected chi connectivity index (χ2v) is 6.09. The second kappa shape index (κ2) is 18.3. The quantitative estimate of drug-likeness (QED) is 0.597. The first-order valence-corrected chi connectivity index (χ1v) is 9.78. The lowest BCUT2D eigenvalue weighted by Gasteiger charge is -2.29. The molecule has 0 aromatic heterocycles. The summed E-state index contributed by atoms with van der Waals surface area (Å²) in [6.45, 7) is 15.2. The molecule has 0 unspecified atom stereocenters. The first-order valence-electron chi connectivity index (χ1n) is 8.62. The maximum absolute atomic E-state index is 2.56. The molecular formula is C17H39NS. The van der Waals surface area contributed by atoms with Crippen LogP contribution in [0.15, 0.2) is 0 Å². The highest BCUT2D eigenvalue weighted by atomic mass is 32.2. The molecule has 2 fully saturated rings. The van der Waals surface area contributed by atoms with E-state index in [1.165, 1.54) is 63.1 Å². The van der Waals surface area contributed by atoms with Crippen molar-refractivity contribution in [1.82, 2.24) is 4.90 Å². The van der Waals surface area contributed by atoms with E-state index in [9.17, 15) is 0 Å². The lowest BCUT2D eigenvalue weighted by Crippen LogP contribution is -2.35. The largest absolute Gasteiger partial charge is 0.301 e. The van der Waals surface area contributed by atoms with Gasteiger partial charge in [-0.2, -0.15) is 11.8 Å². The van der Waals surface area contributed by atoms with Crippen molar-refractivity contribution >= 4 is 11.8 Å². The third-order valence-corrected chi connectivity index (χ3v) is 4.35. The fourth-order valence-electron chi connectivity index (χ4n) is 2.12. The van der Waals surface area contributed by atoms with Crippen molar-refractivity contribution in [3.63, 3.8) is 0 Å². The van der Waals surface area contributed by atoms with Crippen LogP contribution < -0.4 is 0 Å². The smallest absolute Gasteiger partial charge is 0.00385 e. The minimum atomic E-state index is 0.769. The molecule has 2 aliphatic heterocycles. The summed E-state index contributed by atoms with van der Waals surface area (Å²) in [5.41, 5.74) is 0. The summed E-state index contributed by atoms with van der Waals surface area (Å²) in [5, 5.41) is 0. The number of nitrogens with zero attached hydrogens (tertiary/aromatic N) is 1. The summed E-state index contributed by atoms with van der Waals surface area (Å²) >= 11 is 2.09. The van der Waals surface area contributed by atoms with Crippen molar-refractivity contribution in [3.8, 4) is 0 Å². The molecule has 2 saturated heterocycles. The number of piperidine rings is 1. The molecule has 118 valence electrons. The Bertz CT molecular complexity index is 127. The normalized spacial score (nSPS) is 19.1. The Morgan fingerprint density at radius 1 is 0.684 bits per heavy atom. The zero-order valence-corrected chi connectivity index (χ0v) is 15.3. The van der Waals surface area contributed by atoms with Gasteiger partial charge >= 0.3 is 0 Å². The Morgan fingerprint density at radius 3 is 1.32 bits per heavy atom. The summed E-state index contributed by atoms with van der Waals surface area (Å²) in [6, 6.07) is 0.769. The Labute approximate surface area is 127 Å². The van der Waals surface area contributed by atoms with Gasteiger partial charge in [0, 0.05) is 6.04 Å². The molecule has 0 amide bonds. The van der Waals surface area contributed by atoms with Gasteiger partial charge in [-0.25, -0.2) is 0 Å². The number of rotatable bonds is 1. The molecule has 2 rings (SSSR count). The van der Waals surface area contributed by atoms with Crippen LogP contribution in [0.2, 0.25) is 0 Å². The fraction of sp³-hybridized carbons (Fsp3) is 1.00. The second-order valence-electron chi connectivity index (χ2n) is 4.86. The van der Waals surface area contributed by atoms with E-state index in [1.807, 2.05) is 27.7 Å². The summed E-state index contributed by atoms with van der Waals surface area (Å²) in [6.07, 6.45) is 8.68. The molecule has 0 N–H and O–H groups in total. The Balaban J connectivity index is 0. The van der Waals surface area contributed by atoms with Crippen molar-refractivity contribution in [2.45, 2.75) is 86.1 Å². The third kappa shape index (κ3) is 14.5. The van der Waals surface area contributed by atoms with Crippen LogP contribution in [0.25, 0.3) is 0 Å². The van der Waals surface area contributed by atoms with E-state index in [1.54, 1.807) is 0 Å². The van der Waals surface area contributed by atoms with Crippen LogP contribution in [0.3, 0.4) is 0 Å². The van der Waals surface area contributed by atoms with Gasteiger partial charge in [0.25, 0.3) is 0 Å². The zero-order valence-electron chi connectivity index (χ0n) is 14.5. The molecule has 0 aliphatic carbocycles. The summed E-state index contributed by atoms with van der Waals surface area (Å²) in [4.78, 5) is 2.56. The van der Waals surface area contributed by atoms with Gasteiger partial charge in [-0.3, -0.25) is 0 Å². The molecule has 0 bridgehead atoms. The topological polar surface area (TPSA) is 3.24 Å². The predicted octanol–water partition coefficient (Wildman–Crippen LogP) is 5.84. The maximum Gasteiger partial charge on any atom is 0.00385 e. The number of hydrogen-bond donors (Lipinski definition) is 0. The molecule has 0 saturated carbocycles. The molecule has 2 aliphatic rings. The molecule has 0 radical (unpaired) electrons. The van der Waals surface area contributed by atoms with Crippen molar-refractivity contribution in [2.75, 3.05) is 24.6 Å². The number of hydrogen-bond acceptors (Lipinski definition) is 2. The van der Waals surface area contributed by atoms with Crippen LogP contribution in [0.1, 0.15) is 80.1 Å². The fourth-order valence-corrected chi connectivity index (χ4v) is 3.14. The lowest BCUT2D eigenvalue weighted by atomic mass is 10.1. The van der Waals surface area contributed by atoms with Crippen LogP contribution in [0.5, 0.6) is 0 Å². The molecule has 0 spiro atoms. The number of thioether (sulfide) groups is 1. The Kier molecular flexibility index (Phi) is 20.8. The molecule has 2 heterocycles. The van der Waals surface area contributed by atoms with Crippen molar-refractivity contribution < 1.29 is 0 Å². The van der Waals surface area contributed by atoms with Gasteiger partial charge in [0.05, 0.1) is 0 Å². The molecule has 2 heteroatoms.